The van der Waals surface area contributed by atoms with Crippen LogP contribution in [0.1, 0.15) is 29.6 Å². The average molecular weight is 394 g/mol. The molecule has 0 bridgehead atoms. The van der Waals surface area contributed by atoms with Crippen LogP contribution in [0.5, 0.6) is 0 Å². The Hall–Kier alpha value is -1.21. The Morgan fingerprint density at radius 3 is 2.62 bits per heavy atom. The Labute approximate surface area is 157 Å². The molecule has 0 saturated heterocycles. The van der Waals surface area contributed by atoms with Gasteiger partial charge in [0.1, 0.15) is 5.82 Å². The molecule has 3 N–H and O–H groups in total. The van der Waals surface area contributed by atoms with Crippen LogP contribution in [0, 0.1) is 5.82 Å². The van der Waals surface area contributed by atoms with E-state index < -0.39 is 0 Å². The summed E-state index contributed by atoms with van der Waals surface area (Å²) in [7, 11) is 0. The fraction of sp³-hybridized carbons (Fsp3) is 0.375. The van der Waals surface area contributed by atoms with Gasteiger partial charge < -0.3 is 11.1 Å². The molecule has 0 radical (unpaired) electrons. The summed E-state index contributed by atoms with van der Waals surface area (Å²) < 4.78 is 12.9. The Kier molecular flexibility index (Phi) is 10.8. The number of nitrogens with one attached hydrogen (secondary N) is 1. The second kappa shape index (κ2) is 11.4. The van der Waals surface area contributed by atoms with Gasteiger partial charge in [0.2, 0.25) is 5.91 Å². The van der Waals surface area contributed by atoms with Gasteiger partial charge in [-0.3, -0.25) is 4.79 Å². The lowest BCUT2D eigenvalue weighted by atomic mass is 10.1. The summed E-state index contributed by atoms with van der Waals surface area (Å²) in [5.74, 6) is -0.286. The van der Waals surface area contributed by atoms with Gasteiger partial charge in [0.15, 0.2) is 0 Å². The summed E-state index contributed by atoms with van der Waals surface area (Å²) in [5, 5.41) is 5.65. The minimum Gasteiger partial charge on any atom is -0.356 e. The number of nitrogens with two attached hydrogens (primary N) is 1. The molecule has 1 aromatic carbocycles. The third-order valence-electron chi connectivity index (χ3n) is 3.13. The molecule has 2 rings (SSSR count). The predicted octanol–water partition coefficient (Wildman–Crippen LogP) is 3.11. The van der Waals surface area contributed by atoms with Crippen molar-refractivity contribution in [3.8, 4) is 0 Å². The standard InChI is InChI=1S/C16H20FN3OS.2ClH/c1-11(18)6-7-19-15(21)9-14-10-22-16(20-14)8-12-2-4-13(17)5-3-12;;/h2-5,10-11H,6-9,18H2,1H3,(H,19,21);2*1H. The molecule has 0 fully saturated rings. The Balaban J connectivity index is 0.00000264. The second-order valence-corrected chi connectivity index (χ2v) is 6.27. The summed E-state index contributed by atoms with van der Waals surface area (Å²) in [6.45, 7) is 2.50. The number of carbonyl (C=O) groups is 1. The number of rotatable bonds is 7. The molecular weight excluding hydrogens is 372 g/mol. The SMILES string of the molecule is CC(N)CCNC(=O)Cc1csc(Cc2ccc(F)cc2)n1.Cl.Cl. The molecule has 134 valence electrons. The van der Waals surface area contributed by atoms with Crippen LogP contribution in [-0.4, -0.2) is 23.5 Å². The van der Waals surface area contributed by atoms with E-state index in [1.807, 2.05) is 12.3 Å². The van der Waals surface area contributed by atoms with Crippen LogP contribution in [0.2, 0.25) is 0 Å². The third-order valence-corrected chi connectivity index (χ3v) is 4.03. The summed E-state index contributed by atoms with van der Waals surface area (Å²) >= 11 is 1.51. The molecular formula is C16H22Cl2FN3OS. The first-order valence-electron chi connectivity index (χ1n) is 7.23. The molecule has 1 unspecified atom stereocenters. The molecule has 1 heterocycles. The van der Waals surface area contributed by atoms with Crippen molar-refractivity contribution in [3.05, 3.63) is 51.7 Å². The first-order valence-corrected chi connectivity index (χ1v) is 8.11. The molecule has 1 atom stereocenters. The lowest BCUT2D eigenvalue weighted by Gasteiger charge is -2.06. The number of amides is 1. The van der Waals surface area contributed by atoms with Gasteiger partial charge in [-0.05, 0) is 31.0 Å². The number of aromatic nitrogens is 1. The van der Waals surface area contributed by atoms with E-state index in [-0.39, 0.29) is 49.0 Å². The summed E-state index contributed by atoms with van der Waals surface area (Å²) in [4.78, 5) is 16.2. The molecule has 0 aliphatic rings. The van der Waals surface area contributed by atoms with Gasteiger partial charge >= 0.3 is 0 Å². The Morgan fingerprint density at radius 2 is 2.00 bits per heavy atom. The van der Waals surface area contributed by atoms with Crippen molar-refractivity contribution >= 4 is 42.1 Å². The van der Waals surface area contributed by atoms with Crippen LogP contribution in [0.25, 0.3) is 0 Å². The van der Waals surface area contributed by atoms with E-state index in [4.69, 9.17) is 5.73 Å². The van der Waals surface area contributed by atoms with E-state index in [0.29, 0.717) is 13.0 Å². The van der Waals surface area contributed by atoms with Gasteiger partial charge in [-0.2, -0.15) is 0 Å². The zero-order valence-corrected chi connectivity index (χ0v) is 15.8. The lowest BCUT2D eigenvalue weighted by Crippen LogP contribution is -2.30. The minimum atomic E-state index is -0.243. The maximum Gasteiger partial charge on any atom is 0.226 e. The third kappa shape index (κ3) is 8.06. The highest BCUT2D eigenvalue weighted by molar-refractivity contribution is 7.09. The molecule has 0 saturated carbocycles. The van der Waals surface area contributed by atoms with Crippen molar-refractivity contribution in [3.63, 3.8) is 0 Å². The molecule has 1 aromatic heterocycles. The molecule has 8 heteroatoms. The van der Waals surface area contributed by atoms with Gasteiger partial charge in [0.25, 0.3) is 0 Å². The summed E-state index contributed by atoms with van der Waals surface area (Å²) in [5.41, 5.74) is 7.40. The first-order chi connectivity index (χ1) is 10.5. The van der Waals surface area contributed by atoms with Gasteiger partial charge in [-0.15, -0.1) is 36.2 Å². The monoisotopic (exact) mass is 393 g/mol. The fourth-order valence-corrected chi connectivity index (χ4v) is 2.78. The normalized spacial score (nSPS) is 11.1. The molecule has 2 aromatic rings. The van der Waals surface area contributed by atoms with Crippen LogP contribution in [0.15, 0.2) is 29.6 Å². The summed E-state index contributed by atoms with van der Waals surface area (Å²) in [6.07, 6.45) is 1.69. The van der Waals surface area contributed by atoms with Crippen LogP contribution in [0.3, 0.4) is 0 Å². The smallest absolute Gasteiger partial charge is 0.226 e. The van der Waals surface area contributed by atoms with E-state index in [1.54, 1.807) is 12.1 Å². The molecule has 24 heavy (non-hydrogen) atoms. The zero-order chi connectivity index (χ0) is 15.9. The Morgan fingerprint density at radius 1 is 1.33 bits per heavy atom. The molecule has 1 amide bonds. The van der Waals surface area contributed by atoms with E-state index in [9.17, 15) is 9.18 Å². The molecule has 0 aliphatic carbocycles. The van der Waals surface area contributed by atoms with Gasteiger partial charge in [-0.25, -0.2) is 9.37 Å². The van der Waals surface area contributed by atoms with Crippen molar-refractivity contribution in [1.29, 1.82) is 0 Å². The first kappa shape index (κ1) is 22.8. The number of halogens is 3. The summed E-state index contributed by atoms with van der Waals surface area (Å²) in [6, 6.07) is 6.46. The molecule has 0 spiro atoms. The fourth-order valence-electron chi connectivity index (χ4n) is 1.95. The van der Waals surface area contributed by atoms with E-state index in [1.165, 1.54) is 23.5 Å². The average Bonchev–Trinajstić information content (AvgIpc) is 2.88. The van der Waals surface area contributed by atoms with Crippen LogP contribution < -0.4 is 11.1 Å². The van der Waals surface area contributed by atoms with Crippen molar-refractivity contribution in [2.24, 2.45) is 5.73 Å². The number of hydrogen-bond acceptors (Lipinski definition) is 4. The number of nitrogens with zero attached hydrogens (tertiary/aromatic N) is 1. The van der Waals surface area contributed by atoms with Gasteiger partial charge in [-0.1, -0.05) is 12.1 Å². The largest absolute Gasteiger partial charge is 0.356 e. The van der Waals surface area contributed by atoms with Crippen molar-refractivity contribution in [2.75, 3.05) is 6.54 Å². The number of thiazole rings is 1. The minimum absolute atomic E-state index is 0. The van der Waals surface area contributed by atoms with Gasteiger partial charge in [0, 0.05) is 24.4 Å². The maximum absolute atomic E-state index is 12.9. The zero-order valence-electron chi connectivity index (χ0n) is 13.3. The lowest BCUT2D eigenvalue weighted by molar-refractivity contribution is -0.120. The number of benzene rings is 1. The van der Waals surface area contributed by atoms with E-state index in [2.05, 4.69) is 10.3 Å². The van der Waals surface area contributed by atoms with Gasteiger partial charge in [0.05, 0.1) is 17.1 Å². The highest BCUT2D eigenvalue weighted by atomic mass is 35.5. The molecule has 4 nitrogen and oxygen atoms in total. The highest BCUT2D eigenvalue weighted by Crippen LogP contribution is 2.15. The maximum atomic E-state index is 12.9. The number of hydrogen-bond donors (Lipinski definition) is 2. The van der Waals surface area contributed by atoms with Crippen molar-refractivity contribution < 1.29 is 9.18 Å². The van der Waals surface area contributed by atoms with Crippen molar-refractivity contribution in [1.82, 2.24) is 10.3 Å². The quantitative estimate of drug-likeness (QED) is 0.758. The predicted molar refractivity (Wildman–Crippen MR) is 101 cm³/mol. The topological polar surface area (TPSA) is 68.0 Å². The van der Waals surface area contributed by atoms with E-state index >= 15 is 0 Å². The van der Waals surface area contributed by atoms with Crippen LogP contribution in [0.4, 0.5) is 4.39 Å². The van der Waals surface area contributed by atoms with E-state index in [0.717, 1.165) is 22.7 Å². The molecule has 0 aliphatic heterocycles. The number of carbonyl (C=O) groups excluding carboxylic acids is 1. The van der Waals surface area contributed by atoms with Crippen LogP contribution in [-0.2, 0) is 17.6 Å². The van der Waals surface area contributed by atoms with Crippen molar-refractivity contribution in [2.45, 2.75) is 32.2 Å². The van der Waals surface area contributed by atoms with Crippen LogP contribution >= 0.6 is 36.2 Å². The highest BCUT2D eigenvalue weighted by Gasteiger charge is 2.08. The Bertz CT molecular complexity index is 620. The second-order valence-electron chi connectivity index (χ2n) is 5.33.